The number of ether oxygens (including phenoxy) is 2. The second-order valence-corrected chi connectivity index (χ2v) is 18.0. The van der Waals surface area contributed by atoms with Crippen molar-refractivity contribution in [2.75, 3.05) is 26.4 Å². The normalized spacial score (nSPS) is 18.4. The molecule has 6 atom stereocenters. The Hall–Kier alpha value is -2.55. The van der Waals surface area contributed by atoms with Crippen LogP contribution in [0.4, 0.5) is 0 Å². The highest BCUT2D eigenvalue weighted by molar-refractivity contribution is 7.47. The summed E-state index contributed by atoms with van der Waals surface area (Å²) in [5.41, 5.74) is 0. The molecule has 0 aromatic carbocycles. The highest BCUT2D eigenvalue weighted by Crippen LogP contribution is 2.44. The summed E-state index contributed by atoms with van der Waals surface area (Å²) in [5, 5.41) is 20.0. The first-order chi connectivity index (χ1) is 29.2. The van der Waals surface area contributed by atoms with Gasteiger partial charge in [0.1, 0.15) is 12.7 Å². The zero-order chi connectivity index (χ0) is 45.2. The number of unbranched alkanes of at least 4 members (excludes halogenated alkanes) is 11. The summed E-state index contributed by atoms with van der Waals surface area (Å²) in [4.78, 5) is 65.3. The van der Waals surface area contributed by atoms with Crippen molar-refractivity contribution in [1.82, 2.24) is 0 Å². The van der Waals surface area contributed by atoms with E-state index in [2.05, 4.69) is 47.2 Å². The number of phosphoric ester groups is 2. The number of ketones is 1. The van der Waals surface area contributed by atoms with E-state index in [0.29, 0.717) is 32.1 Å². The van der Waals surface area contributed by atoms with Gasteiger partial charge in [-0.05, 0) is 76.2 Å². The van der Waals surface area contributed by atoms with Gasteiger partial charge in [-0.25, -0.2) is 9.13 Å². The fourth-order valence-electron chi connectivity index (χ4n) is 6.13. The maximum Gasteiger partial charge on any atom is 0.472 e. The third kappa shape index (κ3) is 32.7. The number of carbonyl (C=O) groups excluding carboxylic acids is 3. The third-order valence-electron chi connectivity index (χ3n) is 9.62. The molecular weight excluding hydrogens is 830 g/mol. The van der Waals surface area contributed by atoms with Crippen LogP contribution in [-0.2, 0) is 46.6 Å². The first-order valence-electron chi connectivity index (χ1n) is 22.0. The lowest BCUT2D eigenvalue weighted by Gasteiger charge is -2.20. The van der Waals surface area contributed by atoms with E-state index in [1.165, 1.54) is 19.3 Å². The molecule has 0 amide bonds. The topological polar surface area (TPSA) is 233 Å². The molecule has 0 fully saturated rings. The monoisotopic (exact) mass is 904 g/mol. The summed E-state index contributed by atoms with van der Waals surface area (Å²) in [6.45, 7) is 1.38. The minimum atomic E-state index is -4.89. The van der Waals surface area contributed by atoms with Gasteiger partial charge < -0.3 is 34.4 Å². The number of carbonyl (C=O) groups is 3. The molecule has 1 unspecified atom stereocenters. The van der Waals surface area contributed by atoms with E-state index in [0.717, 1.165) is 64.2 Å². The Morgan fingerprint density at radius 1 is 0.705 bits per heavy atom. The average molecular weight is 905 g/mol. The number of esters is 2. The molecule has 0 aromatic rings. The molecule has 1 aliphatic carbocycles. The van der Waals surface area contributed by atoms with E-state index < -0.39 is 72.3 Å². The van der Waals surface area contributed by atoms with Gasteiger partial charge in [0.25, 0.3) is 0 Å². The van der Waals surface area contributed by atoms with Crippen molar-refractivity contribution in [2.45, 2.75) is 161 Å². The maximum absolute atomic E-state index is 12.8. The Morgan fingerprint density at radius 3 is 2.00 bits per heavy atom. The number of hydrogen-bond acceptors (Lipinski definition) is 12. The van der Waals surface area contributed by atoms with Crippen molar-refractivity contribution in [3.63, 3.8) is 0 Å². The summed E-state index contributed by atoms with van der Waals surface area (Å²) in [7, 11) is -9.76. The van der Waals surface area contributed by atoms with Crippen LogP contribution in [0.5, 0.6) is 0 Å². The summed E-state index contributed by atoms with van der Waals surface area (Å²) in [5.74, 6) is -1.57. The van der Waals surface area contributed by atoms with Crippen LogP contribution in [0.1, 0.15) is 142 Å². The highest BCUT2D eigenvalue weighted by Gasteiger charge is 2.29. The fourth-order valence-corrected chi connectivity index (χ4v) is 7.29. The van der Waals surface area contributed by atoms with Crippen LogP contribution < -0.4 is 0 Å². The van der Waals surface area contributed by atoms with Crippen molar-refractivity contribution in [3.8, 4) is 0 Å². The number of hydrogen-bond donors (Lipinski definition) is 5. The molecular formula is C44H74O15P2. The van der Waals surface area contributed by atoms with Gasteiger partial charge >= 0.3 is 27.6 Å². The van der Waals surface area contributed by atoms with E-state index in [1.54, 1.807) is 18.2 Å². The minimum Gasteiger partial charge on any atom is -0.462 e. The predicted octanol–water partition coefficient (Wildman–Crippen LogP) is 8.84. The lowest BCUT2D eigenvalue weighted by molar-refractivity contribution is -0.161. The zero-order valence-electron chi connectivity index (χ0n) is 36.3. The summed E-state index contributed by atoms with van der Waals surface area (Å²) < 4.78 is 47.8. The smallest absolute Gasteiger partial charge is 0.462 e. The molecule has 0 spiro atoms. The molecule has 0 saturated heterocycles. The Labute approximate surface area is 363 Å². The largest absolute Gasteiger partial charge is 0.472 e. The summed E-state index contributed by atoms with van der Waals surface area (Å²) >= 11 is 0. The van der Waals surface area contributed by atoms with Crippen molar-refractivity contribution in [3.05, 3.63) is 60.8 Å². The number of phosphoric acid groups is 2. The predicted molar refractivity (Wildman–Crippen MR) is 234 cm³/mol. The number of allylic oxidation sites excluding steroid dienone is 9. The molecule has 0 heterocycles. The first kappa shape index (κ1) is 56.5. The van der Waals surface area contributed by atoms with Gasteiger partial charge in [0.15, 0.2) is 11.9 Å². The van der Waals surface area contributed by atoms with Crippen LogP contribution in [0, 0.1) is 11.8 Å². The van der Waals surface area contributed by atoms with E-state index >= 15 is 0 Å². The van der Waals surface area contributed by atoms with Gasteiger partial charge in [0.2, 0.25) is 0 Å². The third-order valence-corrected chi connectivity index (χ3v) is 11.1. The van der Waals surface area contributed by atoms with Gasteiger partial charge in [-0.3, -0.25) is 28.0 Å². The zero-order valence-corrected chi connectivity index (χ0v) is 38.1. The van der Waals surface area contributed by atoms with Gasteiger partial charge in [-0.1, -0.05) is 120 Å². The average Bonchev–Trinajstić information content (AvgIpc) is 3.57. The number of aliphatic hydroxyl groups is 2. The summed E-state index contributed by atoms with van der Waals surface area (Å²) in [6, 6.07) is 0. The molecule has 61 heavy (non-hydrogen) atoms. The van der Waals surface area contributed by atoms with Crippen molar-refractivity contribution in [1.29, 1.82) is 0 Å². The molecule has 0 aromatic heterocycles. The second-order valence-electron chi connectivity index (χ2n) is 15.3. The number of aliphatic hydroxyl groups excluding tert-OH is 2. The minimum absolute atomic E-state index is 0.00150. The van der Waals surface area contributed by atoms with Gasteiger partial charge in [0.05, 0.1) is 25.9 Å². The molecule has 17 heteroatoms. The quantitative estimate of drug-likeness (QED) is 0.0169. The first-order valence-corrected chi connectivity index (χ1v) is 25.1. The van der Waals surface area contributed by atoms with Gasteiger partial charge in [-0.2, -0.15) is 0 Å². The number of rotatable bonds is 38. The Morgan fingerprint density at radius 2 is 1.30 bits per heavy atom. The Kier molecular flexibility index (Phi) is 32.3. The van der Waals surface area contributed by atoms with E-state index in [-0.39, 0.29) is 30.5 Å². The summed E-state index contributed by atoms with van der Waals surface area (Å²) in [6.07, 6.45) is 32.7. The lowest BCUT2D eigenvalue weighted by Crippen LogP contribution is -2.29. The van der Waals surface area contributed by atoms with E-state index in [1.807, 2.05) is 18.2 Å². The van der Waals surface area contributed by atoms with Crippen molar-refractivity contribution >= 4 is 33.4 Å². The van der Waals surface area contributed by atoms with Gasteiger partial charge in [-0.15, -0.1) is 0 Å². The maximum atomic E-state index is 12.8. The van der Waals surface area contributed by atoms with Crippen LogP contribution in [0.3, 0.4) is 0 Å². The van der Waals surface area contributed by atoms with Crippen molar-refractivity contribution < 1.29 is 71.5 Å². The van der Waals surface area contributed by atoms with E-state index in [9.17, 15) is 38.6 Å². The molecule has 0 saturated carbocycles. The Bertz CT molecular complexity index is 1450. The SMILES string of the molecule is CCCCC/C=C\C/C=C\CCCCCCCC(=O)OC[C@H](COP(=O)(O)OC[C@@H](O)COP(=O)(O)O)OC(=O)CCC/C=C\C[C@H]1C=CC(=O)[C@@H]1/C=C/[C@@H](O)CCCCC. The van der Waals surface area contributed by atoms with Crippen molar-refractivity contribution in [2.24, 2.45) is 11.8 Å². The van der Waals surface area contributed by atoms with Crippen LogP contribution in [0.2, 0.25) is 0 Å². The molecule has 1 aliphatic rings. The lowest BCUT2D eigenvalue weighted by atomic mass is 9.90. The molecule has 350 valence electrons. The van der Waals surface area contributed by atoms with Crippen LogP contribution >= 0.6 is 15.6 Å². The molecule has 5 N–H and O–H groups in total. The fraction of sp³-hybridized carbons (Fsp3) is 0.705. The Balaban J connectivity index is 2.56. The highest BCUT2D eigenvalue weighted by atomic mass is 31.2. The van der Waals surface area contributed by atoms with E-state index in [4.69, 9.17) is 23.8 Å². The van der Waals surface area contributed by atoms with Crippen LogP contribution in [0.25, 0.3) is 0 Å². The molecule has 15 nitrogen and oxygen atoms in total. The van der Waals surface area contributed by atoms with Gasteiger partial charge in [0, 0.05) is 18.8 Å². The molecule has 0 bridgehead atoms. The van der Waals surface area contributed by atoms with Crippen LogP contribution in [-0.4, -0.2) is 87.4 Å². The molecule has 0 aliphatic heterocycles. The van der Waals surface area contributed by atoms with Crippen LogP contribution in [0.15, 0.2) is 60.8 Å². The standard InChI is InChI=1S/C44H74O15P2/c1-3-5-7-8-9-10-11-12-13-14-15-16-17-18-23-27-43(48)55-35-40(36-58-61(53,54)57-34-39(46)33-56-60(50,51)52)59-44(49)28-24-20-19-22-25-37-29-32-42(47)41(37)31-30-38(45)26-21-6-4-2/h9-10,12-13,19,22,29-32,37-41,45-46H,3-8,11,14-18,20-21,23-28,33-36H2,1-2H3,(H,53,54)(H2,50,51,52)/b10-9-,13-12-,22-19-,31-30+/t37-,38-,39-,40+,41+/m0/s1. The molecule has 0 radical (unpaired) electrons. The molecule has 1 rings (SSSR count). The second kappa shape index (κ2) is 34.9.